The second-order valence-electron chi connectivity index (χ2n) is 3.34. The first-order chi connectivity index (χ1) is 7.79. The second kappa shape index (κ2) is 5.29. The molecule has 0 heterocycles. The number of benzene rings is 1. The summed E-state index contributed by atoms with van der Waals surface area (Å²) in [5.74, 6) is -1.59. The molecule has 0 amide bonds. The molecule has 0 unspecified atom stereocenters. The molecule has 1 rings (SSSR count). The summed E-state index contributed by atoms with van der Waals surface area (Å²) in [6, 6.07) is 2.14. The number of rotatable bonds is 4. The van der Waals surface area contributed by atoms with Crippen molar-refractivity contribution in [3.05, 3.63) is 36.4 Å². The summed E-state index contributed by atoms with van der Waals surface area (Å²) in [5.41, 5.74) is -0.175. The topological polar surface area (TPSA) is 37.4 Å². The third-order valence-electron chi connectivity index (χ3n) is 2.03. The molecule has 0 N–H and O–H groups in total. The van der Waals surface area contributed by atoms with Gasteiger partial charge in [-0.3, -0.25) is 0 Å². The molecule has 91 valence electrons. The fourth-order valence-corrected chi connectivity index (χ4v) is 2.47. The molecular formula is C10H10F2NO2STi. The molecule has 0 aliphatic heterocycles. The van der Waals surface area contributed by atoms with E-state index in [-0.39, 0.29) is 16.1 Å². The molecule has 0 fully saturated rings. The van der Waals surface area contributed by atoms with Crippen LogP contribution in [0.5, 0.6) is 0 Å². The van der Waals surface area contributed by atoms with E-state index in [1.165, 1.54) is 26.5 Å². The van der Waals surface area contributed by atoms with Crippen LogP contribution in [-0.4, -0.2) is 21.2 Å². The molecule has 7 heteroatoms. The van der Waals surface area contributed by atoms with Crippen molar-refractivity contribution in [1.82, 2.24) is 0 Å². The Balaban J connectivity index is 3.39. The minimum absolute atomic E-state index is 0.0686. The van der Waals surface area contributed by atoms with E-state index < -0.39 is 21.7 Å². The summed E-state index contributed by atoms with van der Waals surface area (Å²) in [6.07, 6.45) is 2.29. The molecule has 0 atom stereocenters. The molecule has 0 saturated carbocycles. The zero-order valence-corrected chi connectivity index (χ0v) is 11.5. The van der Waals surface area contributed by atoms with Crippen molar-refractivity contribution in [2.45, 2.75) is 0 Å². The number of sulfonamides is 1. The van der Waals surface area contributed by atoms with E-state index in [1.807, 2.05) is 0 Å². The van der Waals surface area contributed by atoms with Crippen LogP contribution in [0.1, 0.15) is 0 Å². The monoisotopic (exact) mass is 294 g/mol. The first-order valence-electron chi connectivity index (χ1n) is 4.57. The molecule has 0 saturated heterocycles. The third kappa shape index (κ3) is 3.15. The van der Waals surface area contributed by atoms with Gasteiger partial charge in [-0.2, -0.15) is 0 Å². The van der Waals surface area contributed by atoms with Crippen LogP contribution in [0.25, 0.3) is 0 Å². The van der Waals surface area contributed by atoms with E-state index in [9.17, 15) is 17.2 Å². The van der Waals surface area contributed by atoms with E-state index in [4.69, 9.17) is 0 Å². The molecule has 3 nitrogen and oxygen atoms in total. The van der Waals surface area contributed by atoms with Crippen molar-refractivity contribution in [3.63, 3.8) is 0 Å². The van der Waals surface area contributed by atoms with E-state index in [1.54, 1.807) is 0 Å². The Kier molecular flexibility index (Phi) is 4.46. The third-order valence-corrected chi connectivity index (χ3v) is 3.90. The van der Waals surface area contributed by atoms with Crippen LogP contribution in [0.2, 0.25) is 0 Å². The summed E-state index contributed by atoms with van der Waals surface area (Å²) >= 11 is 1.25. The van der Waals surface area contributed by atoms with Crippen LogP contribution in [0, 0.1) is 11.6 Å². The van der Waals surface area contributed by atoms with Gasteiger partial charge >= 0.3 is 111 Å². The van der Waals surface area contributed by atoms with Gasteiger partial charge in [0.1, 0.15) is 0 Å². The van der Waals surface area contributed by atoms with Crippen LogP contribution >= 0.6 is 0 Å². The quantitative estimate of drug-likeness (QED) is 0.616. The summed E-state index contributed by atoms with van der Waals surface area (Å²) in [4.78, 5) is 0. The van der Waals surface area contributed by atoms with Gasteiger partial charge in [0.15, 0.2) is 0 Å². The van der Waals surface area contributed by atoms with Gasteiger partial charge in [0.2, 0.25) is 0 Å². The van der Waals surface area contributed by atoms with Crippen molar-refractivity contribution in [2.75, 3.05) is 17.1 Å². The second-order valence-corrected chi connectivity index (χ2v) is 6.03. The van der Waals surface area contributed by atoms with E-state index >= 15 is 0 Å². The Morgan fingerprint density at radius 1 is 1.47 bits per heavy atom. The SMILES string of the molecule is C=CCN(c1ccc(F)[c]([Ti])c1F)S(C)(=O)=O. The molecule has 0 bridgehead atoms. The normalized spacial score (nSPS) is 11.2. The average Bonchev–Trinajstić information content (AvgIpc) is 2.22. The molecule has 17 heavy (non-hydrogen) atoms. The molecule has 0 spiro atoms. The summed E-state index contributed by atoms with van der Waals surface area (Å²) < 4.78 is 50.5. The zero-order valence-electron chi connectivity index (χ0n) is 9.07. The number of anilines is 1. The zero-order chi connectivity index (χ0) is 13.2. The van der Waals surface area contributed by atoms with Gasteiger partial charge in [-0.05, 0) is 0 Å². The fraction of sp³-hybridized carbons (Fsp3) is 0.200. The number of nitrogens with zero attached hydrogens (tertiary/aromatic N) is 1. The molecule has 1 aromatic rings. The van der Waals surface area contributed by atoms with Gasteiger partial charge in [0.25, 0.3) is 0 Å². The van der Waals surface area contributed by atoms with Crippen LogP contribution in [0.3, 0.4) is 0 Å². The Bertz CT molecular complexity index is 545. The fourth-order valence-electron chi connectivity index (χ4n) is 1.26. The molecule has 0 aliphatic carbocycles. The average molecular weight is 294 g/mol. The first kappa shape index (κ1) is 14.3. The minimum atomic E-state index is -3.63. The molecule has 0 radical (unpaired) electrons. The van der Waals surface area contributed by atoms with Gasteiger partial charge in [-0.25, -0.2) is 0 Å². The number of halogens is 2. The number of hydrogen-bond acceptors (Lipinski definition) is 2. The first-order valence-corrected chi connectivity index (χ1v) is 7.20. The van der Waals surface area contributed by atoms with Crippen molar-refractivity contribution < 1.29 is 37.6 Å². The summed E-state index contributed by atoms with van der Waals surface area (Å²) in [5, 5.41) is 0. The van der Waals surface area contributed by atoms with Gasteiger partial charge < -0.3 is 0 Å². The maximum atomic E-state index is 13.8. The Morgan fingerprint density at radius 2 is 2.06 bits per heavy atom. The summed E-state index contributed by atoms with van der Waals surface area (Å²) in [6.45, 7) is 3.34. The van der Waals surface area contributed by atoms with Crippen LogP contribution in [0.4, 0.5) is 14.5 Å². The maximum absolute atomic E-state index is 13.8. The van der Waals surface area contributed by atoms with Gasteiger partial charge in [0.05, 0.1) is 0 Å². The predicted octanol–water partition coefficient (Wildman–Crippen LogP) is 1.09. The van der Waals surface area contributed by atoms with Crippen LogP contribution < -0.4 is 8.17 Å². The summed E-state index contributed by atoms with van der Waals surface area (Å²) in [7, 11) is -3.63. The van der Waals surface area contributed by atoms with Gasteiger partial charge in [-0.15, -0.1) is 0 Å². The molecular weight excluding hydrogens is 284 g/mol. The predicted molar refractivity (Wildman–Crippen MR) is 58.4 cm³/mol. The van der Waals surface area contributed by atoms with E-state index in [0.717, 1.165) is 22.7 Å². The van der Waals surface area contributed by atoms with E-state index in [0.29, 0.717) is 0 Å². The Hall–Kier alpha value is -0.716. The number of hydrogen-bond donors (Lipinski definition) is 0. The van der Waals surface area contributed by atoms with Crippen LogP contribution in [0.15, 0.2) is 24.8 Å². The van der Waals surface area contributed by atoms with Crippen molar-refractivity contribution >= 4 is 19.6 Å². The van der Waals surface area contributed by atoms with Crippen molar-refractivity contribution in [1.29, 1.82) is 0 Å². The van der Waals surface area contributed by atoms with Crippen molar-refractivity contribution in [3.8, 4) is 0 Å². The van der Waals surface area contributed by atoms with Crippen molar-refractivity contribution in [2.24, 2.45) is 0 Å². The molecule has 0 aliphatic rings. The van der Waals surface area contributed by atoms with E-state index in [2.05, 4.69) is 6.58 Å². The Labute approximate surface area is 111 Å². The van der Waals surface area contributed by atoms with Crippen LogP contribution in [-0.2, 0) is 30.5 Å². The standard InChI is InChI=1S/C10H10F2NO2S.Ti/c1-3-6-13(16(2,14)15)10-5-4-8(11)7-9(10)12;/h3-5H,1,6H2,2H3;. The van der Waals surface area contributed by atoms with Gasteiger partial charge in [0, 0.05) is 0 Å². The molecule has 1 aromatic carbocycles. The Morgan fingerprint density at radius 3 is 2.53 bits per heavy atom. The molecule has 0 aromatic heterocycles. The van der Waals surface area contributed by atoms with Gasteiger partial charge in [-0.1, -0.05) is 0 Å².